The summed E-state index contributed by atoms with van der Waals surface area (Å²) in [5, 5.41) is 2.93. The molecule has 0 aliphatic carbocycles. The smallest absolute Gasteiger partial charge is 0.384 e. The zero-order valence-electron chi connectivity index (χ0n) is 8.16. The van der Waals surface area contributed by atoms with Crippen molar-refractivity contribution in [3.8, 4) is 0 Å². The van der Waals surface area contributed by atoms with E-state index in [4.69, 9.17) is 0 Å². The topological polar surface area (TPSA) is 12.0 Å². The van der Waals surface area contributed by atoms with Crippen molar-refractivity contribution >= 4 is 21.6 Å². The van der Waals surface area contributed by atoms with Crippen LogP contribution in [-0.2, 0) is 6.18 Å². The van der Waals surface area contributed by atoms with Crippen molar-refractivity contribution in [1.29, 1.82) is 0 Å². The Morgan fingerprint density at radius 2 is 2.00 bits per heavy atom. The van der Waals surface area contributed by atoms with Gasteiger partial charge in [0.25, 0.3) is 0 Å². The van der Waals surface area contributed by atoms with Crippen molar-refractivity contribution < 1.29 is 13.2 Å². The Labute approximate surface area is 94.8 Å². The second-order valence-electron chi connectivity index (χ2n) is 3.12. The van der Waals surface area contributed by atoms with E-state index in [1.54, 1.807) is 0 Å². The van der Waals surface area contributed by atoms with Gasteiger partial charge >= 0.3 is 6.18 Å². The minimum atomic E-state index is -4.29. The Morgan fingerprint density at radius 1 is 1.33 bits per heavy atom. The molecule has 0 unspecified atom stereocenters. The molecule has 0 atom stereocenters. The van der Waals surface area contributed by atoms with Gasteiger partial charge in [0.1, 0.15) is 0 Å². The van der Waals surface area contributed by atoms with Gasteiger partial charge in [-0.15, -0.1) is 0 Å². The van der Waals surface area contributed by atoms with Crippen molar-refractivity contribution in [2.24, 2.45) is 0 Å². The van der Waals surface area contributed by atoms with Gasteiger partial charge in [-0.25, -0.2) is 0 Å². The first-order valence-corrected chi connectivity index (χ1v) is 5.35. The largest absolute Gasteiger partial charge is 0.416 e. The lowest BCUT2D eigenvalue weighted by Gasteiger charge is -2.11. The standard InChI is InChI=1S/C10H11BrF3N/c1-2-5-15-9-6-7(10(12,13)14)3-4-8(9)11/h3-4,6,15H,2,5H2,1H3. The van der Waals surface area contributed by atoms with E-state index in [1.807, 2.05) is 6.92 Å². The number of alkyl halides is 3. The zero-order valence-corrected chi connectivity index (χ0v) is 9.74. The Morgan fingerprint density at radius 3 is 2.53 bits per heavy atom. The predicted octanol–water partition coefficient (Wildman–Crippen LogP) is 4.29. The number of hydrogen-bond donors (Lipinski definition) is 1. The third-order valence-electron chi connectivity index (χ3n) is 1.86. The lowest BCUT2D eigenvalue weighted by molar-refractivity contribution is -0.137. The Kier molecular flexibility index (Phi) is 4.02. The van der Waals surface area contributed by atoms with Crippen molar-refractivity contribution in [3.05, 3.63) is 28.2 Å². The molecule has 0 radical (unpaired) electrons. The van der Waals surface area contributed by atoms with Crippen LogP contribution in [0, 0.1) is 0 Å². The Hall–Kier alpha value is -0.710. The maximum absolute atomic E-state index is 12.4. The van der Waals surface area contributed by atoms with Crippen molar-refractivity contribution in [2.45, 2.75) is 19.5 Å². The van der Waals surface area contributed by atoms with Gasteiger partial charge in [-0.05, 0) is 40.5 Å². The quantitative estimate of drug-likeness (QED) is 0.872. The van der Waals surface area contributed by atoms with E-state index < -0.39 is 11.7 Å². The van der Waals surface area contributed by atoms with E-state index in [0.717, 1.165) is 18.6 Å². The van der Waals surface area contributed by atoms with Crippen LogP contribution in [-0.4, -0.2) is 6.54 Å². The van der Waals surface area contributed by atoms with E-state index in [0.29, 0.717) is 16.7 Å². The molecule has 0 saturated carbocycles. The SMILES string of the molecule is CCCNc1cc(C(F)(F)F)ccc1Br. The van der Waals surface area contributed by atoms with Gasteiger partial charge in [-0.1, -0.05) is 6.92 Å². The fraction of sp³-hybridized carbons (Fsp3) is 0.400. The first-order chi connectivity index (χ1) is 6.95. The molecule has 0 fully saturated rings. The van der Waals surface area contributed by atoms with E-state index in [1.165, 1.54) is 6.07 Å². The van der Waals surface area contributed by atoms with Gasteiger partial charge < -0.3 is 5.32 Å². The molecule has 5 heteroatoms. The van der Waals surface area contributed by atoms with Gasteiger partial charge in [0.05, 0.1) is 5.56 Å². The van der Waals surface area contributed by atoms with Crippen LogP contribution in [0.3, 0.4) is 0 Å². The molecule has 1 rings (SSSR count). The maximum atomic E-state index is 12.4. The Bertz CT molecular complexity index is 336. The molecule has 1 aromatic carbocycles. The van der Waals surface area contributed by atoms with Gasteiger partial charge in [0.2, 0.25) is 0 Å². The van der Waals surface area contributed by atoms with Gasteiger partial charge in [0, 0.05) is 16.7 Å². The number of rotatable bonds is 3. The van der Waals surface area contributed by atoms with Crippen LogP contribution in [0.15, 0.2) is 22.7 Å². The molecule has 0 aromatic heterocycles. The minimum Gasteiger partial charge on any atom is -0.384 e. The summed E-state index contributed by atoms with van der Waals surface area (Å²) in [5.41, 5.74) is -0.157. The number of anilines is 1. The highest BCUT2D eigenvalue weighted by molar-refractivity contribution is 9.10. The van der Waals surface area contributed by atoms with Crippen LogP contribution in [0.1, 0.15) is 18.9 Å². The Balaban J connectivity index is 2.95. The molecule has 0 heterocycles. The molecular weight excluding hydrogens is 271 g/mol. The van der Waals surface area contributed by atoms with E-state index in [2.05, 4.69) is 21.2 Å². The second kappa shape index (κ2) is 4.88. The number of benzene rings is 1. The third kappa shape index (κ3) is 3.41. The molecule has 0 bridgehead atoms. The summed E-state index contributed by atoms with van der Waals surface area (Å²) in [6.07, 6.45) is -3.42. The summed E-state index contributed by atoms with van der Waals surface area (Å²) in [6.45, 7) is 2.61. The van der Waals surface area contributed by atoms with Crippen LogP contribution < -0.4 is 5.32 Å². The maximum Gasteiger partial charge on any atom is 0.416 e. The number of halogens is 4. The third-order valence-corrected chi connectivity index (χ3v) is 2.55. The summed E-state index contributed by atoms with van der Waals surface area (Å²) >= 11 is 3.20. The molecular formula is C10H11BrF3N. The summed E-state index contributed by atoms with van der Waals surface area (Å²) in [4.78, 5) is 0. The highest BCUT2D eigenvalue weighted by Crippen LogP contribution is 2.33. The van der Waals surface area contributed by atoms with Crippen LogP contribution in [0.2, 0.25) is 0 Å². The van der Waals surface area contributed by atoms with E-state index in [-0.39, 0.29) is 0 Å². The summed E-state index contributed by atoms with van der Waals surface area (Å²) in [5.74, 6) is 0. The highest BCUT2D eigenvalue weighted by atomic mass is 79.9. The monoisotopic (exact) mass is 281 g/mol. The van der Waals surface area contributed by atoms with Gasteiger partial charge in [-0.2, -0.15) is 13.2 Å². The highest BCUT2D eigenvalue weighted by Gasteiger charge is 2.30. The molecule has 1 nitrogen and oxygen atoms in total. The molecule has 0 spiro atoms. The lowest BCUT2D eigenvalue weighted by Crippen LogP contribution is -2.07. The fourth-order valence-corrected chi connectivity index (χ4v) is 1.48. The van der Waals surface area contributed by atoms with Crippen LogP contribution in [0.4, 0.5) is 18.9 Å². The number of hydrogen-bond acceptors (Lipinski definition) is 1. The molecule has 1 aromatic rings. The summed E-state index contributed by atoms with van der Waals surface area (Å²) < 4.78 is 37.8. The fourth-order valence-electron chi connectivity index (χ4n) is 1.10. The molecule has 0 aliphatic heterocycles. The molecule has 0 aliphatic rings. The molecule has 0 saturated heterocycles. The average molecular weight is 282 g/mol. The van der Waals surface area contributed by atoms with Gasteiger partial charge in [0.15, 0.2) is 0 Å². The summed E-state index contributed by atoms with van der Waals surface area (Å²) in [6, 6.07) is 3.57. The van der Waals surface area contributed by atoms with E-state index >= 15 is 0 Å². The van der Waals surface area contributed by atoms with Crippen LogP contribution >= 0.6 is 15.9 Å². The first-order valence-electron chi connectivity index (χ1n) is 4.55. The molecule has 84 valence electrons. The van der Waals surface area contributed by atoms with Crippen molar-refractivity contribution in [3.63, 3.8) is 0 Å². The average Bonchev–Trinajstić information content (AvgIpc) is 2.15. The van der Waals surface area contributed by atoms with Crippen molar-refractivity contribution in [1.82, 2.24) is 0 Å². The van der Waals surface area contributed by atoms with Gasteiger partial charge in [-0.3, -0.25) is 0 Å². The normalized spacial score (nSPS) is 11.5. The zero-order chi connectivity index (χ0) is 11.5. The molecule has 15 heavy (non-hydrogen) atoms. The van der Waals surface area contributed by atoms with Crippen LogP contribution in [0.25, 0.3) is 0 Å². The molecule has 1 N–H and O–H groups in total. The first kappa shape index (κ1) is 12.4. The van der Waals surface area contributed by atoms with Crippen LogP contribution in [0.5, 0.6) is 0 Å². The minimum absolute atomic E-state index is 0.478. The van der Waals surface area contributed by atoms with Crippen molar-refractivity contribution in [2.75, 3.05) is 11.9 Å². The molecule has 0 amide bonds. The number of nitrogens with one attached hydrogen (secondary N) is 1. The lowest BCUT2D eigenvalue weighted by atomic mass is 10.2. The predicted molar refractivity (Wildman–Crippen MR) is 57.9 cm³/mol. The second-order valence-corrected chi connectivity index (χ2v) is 3.97. The summed E-state index contributed by atoms with van der Waals surface area (Å²) in [7, 11) is 0. The van der Waals surface area contributed by atoms with E-state index in [9.17, 15) is 13.2 Å².